The molecule has 2 aromatic rings. The molecule has 1 unspecified atom stereocenters. The summed E-state index contributed by atoms with van der Waals surface area (Å²) in [5, 5.41) is 0. The third-order valence-electron chi connectivity index (χ3n) is 4.13. The molecule has 0 aliphatic rings. The van der Waals surface area contributed by atoms with E-state index in [4.69, 9.17) is 4.74 Å². The van der Waals surface area contributed by atoms with Crippen molar-refractivity contribution in [3.63, 3.8) is 0 Å². The molecule has 22 heavy (non-hydrogen) atoms. The monoisotopic (exact) mass is 296 g/mol. The van der Waals surface area contributed by atoms with Crippen LogP contribution in [0.15, 0.2) is 48.5 Å². The van der Waals surface area contributed by atoms with Crippen LogP contribution < -0.4 is 4.74 Å². The molecule has 1 heteroatoms. The lowest BCUT2D eigenvalue weighted by atomic mass is 9.88. The fraction of sp³-hybridized carbons (Fsp3) is 0.429. The first-order chi connectivity index (χ1) is 10.6. The summed E-state index contributed by atoms with van der Waals surface area (Å²) in [4.78, 5) is 0. The minimum absolute atomic E-state index is 0.629. The van der Waals surface area contributed by atoms with Crippen LogP contribution >= 0.6 is 0 Å². The van der Waals surface area contributed by atoms with Crippen LogP contribution in [0.25, 0.3) is 0 Å². The van der Waals surface area contributed by atoms with Gasteiger partial charge in [0.05, 0.1) is 0 Å². The number of ether oxygens (including phenoxy) is 1. The minimum atomic E-state index is 0.629. The van der Waals surface area contributed by atoms with Crippen molar-refractivity contribution in [2.24, 2.45) is 5.92 Å². The highest BCUT2D eigenvalue weighted by molar-refractivity contribution is 5.28. The zero-order valence-corrected chi connectivity index (χ0v) is 14.3. The molecule has 1 nitrogen and oxygen atoms in total. The summed E-state index contributed by atoms with van der Waals surface area (Å²) in [5.41, 5.74) is 3.94. The Kier molecular flexibility index (Phi) is 6.06. The molecule has 0 saturated carbocycles. The summed E-state index contributed by atoms with van der Waals surface area (Å²) < 4.78 is 5.84. The van der Waals surface area contributed by atoms with Gasteiger partial charge in [-0.2, -0.15) is 0 Å². The molecule has 0 aromatic heterocycles. The van der Waals surface area contributed by atoms with Crippen LogP contribution in [0.1, 0.15) is 56.2 Å². The largest absolute Gasteiger partial charge is 0.489 e. The lowest BCUT2D eigenvalue weighted by molar-refractivity contribution is 0.306. The Morgan fingerprint density at radius 3 is 2.09 bits per heavy atom. The molecule has 0 radical (unpaired) electrons. The highest BCUT2D eigenvalue weighted by atomic mass is 16.5. The summed E-state index contributed by atoms with van der Waals surface area (Å²) in [6, 6.07) is 17.2. The molecule has 2 aromatic carbocycles. The third-order valence-corrected chi connectivity index (χ3v) is 4.13. The van der Waals surface area contributed by atoms with Gasteiger partial charge in [-0.1, -0.05) is 62.7 Å². The van der Waals surface area contributed by atoms with Crippen molar-refractivity contribution < 1.29 is 4.74 Å². The Balaban J connectivity index is 1.95. The van der Waals surface area contributed by atoms with E-state index in [9.17, 15) is 0 Å². The molecular formula is C21H28O. The molecule has 118 valence electrons. The predicted octanol–water partition coefficient (Wildman–Crippen LogP) is 6.11. The van der Waals surface area contributed by atoms with E-state index in [1.165, 1.54) is 29.5 Å². The van der Waals surface area contributed by atoms with E-state index in [-0.39, 0.29) is 0 Å². The Morgan fingerprint density at radius 1 is 0.909 bits per heavy atom. The van der Waals surface area contributed by atoms with Crippen LogP contribution in [-0.4, -0.2) is 0 Å². The first kappa shape index (κ1) is 16.6. The van der Waals surface area contributed by atoms with Crippen molar-refractivity contribution in [3.8, 4) is 5.75 Å². The molecule has 0 amide bonds. The van der Waals surface area contributed by atoms with Gasteiger partial charge in [0.25, 0.3) is 0 Å². The second-order valence-electron chi connectivity index (χ2n) is 6.58. The number of hydrogen-bond donors (Lipinski definition) is 0. The summed E-state index contributed by atoms with van der Waals surface area (Å²) in [6.07, 6.45) is 2.47. The Bertz CT molecular complexity index is 551. The van der Waals surface area contributed by atoms with Crippen LogP contribution in [0.4, 0.5) is 0 Å². The van der Waals surface area contributed by atoms with Crippen molar-refractivity contribution in [2.45, 2.75) is 53.1 Å². The van der Waals surface area contributed by atoms with Crippen LogP contribution in [0.5, 0.6) is 5.75 Å². The van der Waals surface area contributed by atoms with Gasteiger partial charge in [-0.25, -0.2) is 0 Å². The molecule has 1 atom stereocenters. The van der Waals surface area contributed by atoms with Gasteiger partial charge in [0.2, 0.25) is 0 Å². The molecule has 0 aliphatic heterocycles. The number of rotatable bonds is 7. The summed E-state index contributed by atoms with van der Waals surface area (Å²) in [6.45, 7) is 9.59. The number of hydrogen-bond acceptors (Lipinski definition) is 1. The predicted molar refractivity (Wildman–Crippen MR) is 94.4 cm³/mol. The first-order valence-corrected chi connectivity index (χ1v) is 8.36. The summed E-state index contributed by atoms with van der Waals surface area (Å²) >= 11 is 0. The number of benzene rings is 2. The Morgan fingerprint density at radius 2 is 1.55 bits per heavy atom. The van der Waals surface area contributed by atoms with E-state index in [2.05, 4.69) is 64.1 Å². The molecule has 0 saturated heterocycles. The average molecular weight is 296 g/mol. The molecule has 0 spiro atoms. The van der Waals surface area contributed by atoms with Crippen LogP contribution in [0.3, 0.4) is 0 Å². The van der Waals surface area contributed by atoms with Gasteiger partial charge in [0, 0.05) is 0 Å². The quantitative estimate of drug-likeness (QED) is 0.598. The first-order valence-electron chi connectivity index (χ1n) is 8.36. The normalized spacial score (nSPS) is 12.4. The SMILES string of the molecule is CCC(CC(C)C)c1ccc(COc2ccc(C)cc2)cc1. The van der Waals surface area contributed by atoms with Gasteiger partial charge in [0.15, 0.2) is 0 Å². The fourth-order valence-corrected chi connectivity index (χ4v) is 2.79. The van der Waals surface area contributed by atoms with Gasteiger partial charge in [-0.15, -0.1) is 0 Å². The standard InChI is InChI=1S/C21H28O/c1-5-19(14-16(2)3)20-10-8-18(9-11-20)15-22-21-12-6-17(4)7-13-21/h6-13,16,19H,5,14-15H2,1-4H3. The van der Waals surface area contributed by atoms with Crippen molar-refractivity contribution in [1.29, 1.82) is 0 Å². The molecule has 0 bridgehead atoms. The van der Waals surface area contributed by atoms with E-state index in [0.29, 0.717) is 12.5 Å². The highest BCUT2D eigenvalue weighted by Crippen LogP contribution is 2.27. The summed E-state index contributed by atoms with van der Waals surface area (Å²) in [7, 11) is 0. The van der Waals surface area contributed by atoms with Gasteiger partial charge >= 0.3 is 0 Å². The van der Waals surface area contributed by atoms with E-state index >= 15 is 0 Å². The maximum absolute atomic E-state index is 5.84. The molecule has 0 fully saturated rings. The average Bonchev–Trinajstić information content (AvgIpc) is 2.52. The maximum atomic E-state index is 5.84. The minimum Gasteiger partial charge on any atom is -0.489 e. The molecule has 0 aliphatic carbocycles. The lowest BCUT2D eigenvalue weighted by Gasteiger charge is -2.18. The summed E-state index contributed by atoms with van der Waals surface area (Å²) in [5.74, 6) is 2.35. The Hall–Kier alpha value is -1.76. The molecule has 0 N–H and O–H groups in total. The Labute approximate surface area is 135 Å². The van der Waals surface area contributed by atoms with Crippen LogP contribution in [0.2, 0.25) is 0 Å². The topological polar surface area (TPSA) is 9.23 Å². The maximum Gasteiger partial charge on any atom is 0.119 e. The molecule has 2 rings (SSSR count). The lowest BCUT2D eigenvalue weighted by Crippen LogP contribution is -2.02. The second-order valence-corrected chi connectivity index (χ2v) is 6.58. The van der Waals surface area contributed by atoms with Crippen molar-refractivity contribution in [1.82, 2.24) is 0 Å². The smallest absolute Gasteiger partial charge is 0.119 e. The number of aryl methyl sites for hydroxylation is 1. The van der Waals surface area contributed by atoms with Gasteiger partial charge in [0.1, 0.15) is 12.4 Å². The van der Waals surface area contributed by atoms with Gasteiger partial charge in [-0.3, -0.25) is 0 Å². The van der Waals surface area contributed by atoms with E-state index < -0.39 is 0 Å². The fourth-order valence-electron chi connectivity index (χ4n) is 2.79. The van der Waals surface area contributed by atoms with Crippen molar-refractivity contribution >= 4 is 0 Å². The highest BCUT2D eigenvalue weighted by Gasteiger charge is 2.11. The van der Waals surface area contributed by atoms with Crippen LogP contribution in [-0.2, 0) is 6.61 Å². The van der Waals surface area contributed by atoms with Crippen LogP contribution in [0, 0.1) is 12.8 Å². The molecule has 0 heterocycles. The van der Waals surface area contributed by atoms with Crippen molar-refractivity contribution in [3.05, 3.63) is 65.2 Å². The zero-order valence-electron chi connectivity index (χ0n) is 14.3. The molecular weight excluding hydrogens is 268 g/mol. The van der Waals surface area contributed by atoms with E-state index in [1.807, 2.05) is 12.1 Å². The van der Waals surface area contributed by atoms with E-state index in [1.54, 1.807) is 0 Å². The van der Waals surface area contributed by atoms with E-state index in [0.717, 1.165) is 11.7 Å². The van der Waals surface area contributed by atoms with Gasteiger partial charge < -0.3 is 4.74 Å². The third kappa shape index (κ3) is 4.91. The zero-order chi connectivity index (χ0) is 15.9. The van der Waals surface area contributed by atoms with Crippen molar-refractivity contribution in [2.75, 3.05) is 0 Å². The van der Waals surface area contributed by atoms with Gasteiger partial charge in [-0.05, 0) is 54.9 Å². The second kappa shape index (κ2) is 8.03.